The van der Waals surface area contributed by atoms with Crippen molar-refractivity contribution in [1.82, 2.24) is 0 Å². The fourth-order valence-electron chi connectivity index (χ4n) is 1.86. The van der Waals surface area contributed by atoms with Crippen LogP contribution in [0.2, 0.25) is 0 Å². The van der Waals surface area contributed by atoms with Gasteiger partial charge in [0.05, 0.1) is 0 Å². The van der Waals surface area contributed by atoms with Crippen LogP contribution in [0, 0.1) is 5.41 Å². The van der Waals surface area contributed by atoms with Crippen LogP contribution in [0.15, 0.2) is 24.3 Å². The highest BCUT2D eigenvalue weighted by Gasteiger charge is 2.30. The first-order valence-corrected chi connectivity index (χ1v) is 6.41. The van der Waals surface area contributed by atoms with Crippen molar-refractivity contribution in [2.75, 3.05) is 6.54 Å². The summed E-state index contributed by atoms with van der Waals surface area (Å²) >= 11 is 0. The Balaban J connectivity index is 2.89. The van der Waals surface area contributed by atoms with Gasteiger partial charge in [0.2, 0.25) is 0 Å². The zero-order valence-corrected chi connectivity index (χ0v) is 11.1. The van der Waals surface area contributed by atoms with Crippen LogP contribution in [0.4, 0.5) is 0 Å². The van der Waals surface area contributed by atoms with Gasteiger partial charge in [-0.05, 0) is 18.4 Å². The van der Waals surface area contributed by atoms with Crippen molar-refractivity contribution in [3.05, 3.63) is 35.4 Å². The van der Waals surface area contributed by atoms with Crippen LogP contribution < -0.4 is 5.73 Å². The molecule has 0 spiro atoms. The molecule has 0 aromatic heterocycles. The van der Waals surface area contributed by atoms with E-state index in [1.54, 1.807) is 0 Å². The predicted octanol–water partition coefficient (Wildman–Crippen LogP) is 3.20. The van der Waals surface area contributed by atoms with E-state index in [1.165, 1.54) is 5.56 Å². The van der Waals surface area contributed by atoms with Crippen molar-refractivity contribution in [2.24, 2.45) is 11.1 Å². The molecule has 2 heteroatoms. The van der Waals surface area contributed by atoms with Crippen molar-refractivity contribution in [3.8, 4) is 0 Å². The Labute approximate surface area is 104 Å². The Bertz CT molecular complexity index is 363. The summed E-state index contributed by atoms with van der Waals surface area (Å²) in [6, 6.07) is 7.94. The highest BCUT2D eigenvalue weighted by molar-refractivity contribution is 6.00. The van der Waals surface area contributed by atoms with E-state index in [9.17, 15) is 4.79 Å². The van der Waals surface area contributed by atoms with Crippen molar-refractivity contribution in [2.45, 2.75) is 40.0 Å². The first-order chi connectivity index (χ1) is 8.07. The van der Waals surface area contributed by atoms with Crippen LogP contribution in [-0.2, 0) is 6.42 Å². The maximum Gasteiger partial charge on any atom is 0.169 e. The van der Waals surface area contributed by atoms with Gasteiger partial charge in [-0.2, -0.15) is 0 Å². The molecule has 2 nitrogen and oxygen atoms in total. The van der Waals surface area contributed by atoms with Crippen LogP contribution in [0.25, 0.3) is 0 Å². The van der Waals surface area contributed by atoms with E-state index in [0.717, 1.165) is 24.8 Å². The Morgan fingerprint density at radius 3 is 2.24 bits per heavy atom. The molecule has 0 aliphatic heterocycles. The molecule has 1 atom stereocenters. The summed E-state index contributed by atoms with van der Waals surface area (Å²) in [5, 5.41) is 0. The summed E-state index contributed by atoms with van der Waals surface area (Å²) < 4.78 is 0. The van der Waals surface area contributed by atoms with Crippen LogP contribution in [0.1, 0.15) is 49.5 Å². The van der Waals surface area contributed by atoms with E-state index in [0.29, 0.717) is 6.54 Å². The molecular formula is C15H23NO. The molecule has 0 aliphatic carbocycles. The van der Waals surface area contributed by atoms with E-state index >= 15 is 0 Å². The summed E-state index contributed by atoms with van der Waals surface area (Å²) in [4.78, 5) is 12.3. The van der Waals surface area contributed by atoms with Crippen LogP contribution in [0.3, 0.4) is 0 Å². The van der Waals surface area contributed by atoms with Crippen molar-refractivity contribution in [3.63, 3.8) is 0 Å². The lowest BCUT2D eigenvalue weighted by molar-refractivity contribution is 0.0820. The molecule has 0 radical (unpaired) electrons. The zero-order valence-electron chi connectivity index (χ0n) is 11.1. The molecule has 1 rings (SSSR count). The number of rotatable bonds is 6. The van der Waals surface area contributed by atoms with Gasteiger partial charge in [-0.3, -0.25) is 4.79 Å². The summed E-state index contributed by atoms with van der Waals surface area (Å²) in [6.07, 6.45) is 2.97. The first-order valence-electron chi connectivity index (χ1n) is 6.41. The minimum atomic E-state index is -0.424. The number of hydrogen-bond acceptors (Lipinski definition) is 2. The summed E-state index contributed by atoms with van der Waals surface area (Å²) in [7, 11) is 0. The number of Topliss-reactive ketones (excluding diaryl/α,β-unsaturated/α-hetero) is 1. The molecule has 0 bridgehead atoms. The number of benzene rings is 1. The largest absolute Gasteiger partial charge is 0.329 e. The molecule has 0 saturated carbocycles. The number of nitrogens with two attached hydrogens (primary N) is 1. The molecule has 0 fully saturated rings. The summed E-state index contributed by atoms with van der Waals surface area (Å²) in [5.74, 6) is 0.158. The lowest BCUT2D eigenvalue weighted by atomic mass is 9.80. The van der Waals surface area contributed by atoms with Gasteiger partial charge < -0.3 is 5.73 Å². The van der Waals surface area contributed by atoms with Crippen molar-refractivity contribution >= 4 is 5.78 Å². The normalized spacial score (nSPS) is 14.4. The minimum absolute atomic E-state index is 0.158. The maximum absolute atomic E-state index is 12.3. The maximum atomic E-state index is 12.3. The molecule has 0 saturated heterocycles. The van der Waals surface area contributed by atoms with Gasteiger partial charge in [-0.1, -0.05) is 51.5 Å². The fourth-order valence-corrected chi connectivity index (χ4v) is 1.86. The molecule has 1 aromatic carbocycles. The lowest BCUT2D eigenvalue weighted by Gasteiger charge is -2.24. The number of ketones is 1. The lowest BCUT2D eigenvalue weighted by Crippen LogP contribution is -2.35. The zero-order chi connectivity index (χ0) is 12.9. The third kappa shape index (κ3) is 3.16. The van der Waals surface area contributed by atoms with E-state index in [1.807, 2.05) is 38.1 Å². The third-order valence-corrected chi connectivity index (χ3v) is 3.53. The van der Waals surface area contributed by atoms with Gasteiger partial charge in [0, 0.05) is 17.5 Å². The SMILES string of the molecule is CCCc1ccc(C(=O)C(C)(CC)CN)cc1. The highest BCUT2D eigenvalue weighted by atomic mass is 16.1. The van der Waals surface area contributed by atoms with Gasteiger partial charge in [0.25, 0.3) is 0 Å². The van der Waals surface area contributed by atoms with E-state index in [2.05, 4.69) is 6.92 Å². The predicted molar refractivity (Wildman–Crippen MR) is 72.2 cm³/mol. The quantitative estimate of drug-likeness (QED) is 0.767. The molecule has 0 heterocycles. The van der Waals surface area contributed by atoms with Gasteiger partial charge in [0.15, 0.2) is 5.78 Å². The molecule has 0 aliphatic rings. The topological polar surface area (TPSA) is 43.1 Å². The molecule has 17 heavy (non-hydrogen) atoms. The Morgan fingerprint density at radius 1 is 1.24 bits per heavy atom. The van der Waals surface area contributed by atoms with Crippen molar-refractivity contribution in [1.29, 1.82) is 0 Å². The van der Waals surface area contributed by atoms with E-state index < -0.39 is 5.41 Å². The highest BCUT2D eigenvalue weighted by Crippen LogP contribution is 2.25. The third-order valence-electron chi connectivity index (χ3n) is 3.53. The van der Waals surface area contributed by atoms with Gasteiger partial charge in [-0.25, -0.2) is 0 Å². The average molecular weight is 233 g/mol. The second kappa shape index (κ2) is 5.97. The Morgan fingerprint density at radius 2 is 1.82 bits per heavy atom. The molecule has 94 valence electrons. The standard InChI is InChI=1S/C15H23NO/c1-4-6-12-7-9-13(10-8-12)14(17)15(3,5-2)11-16/h7-10H,4-6,11,16H2,1-3H3. The monoisotopic (exact) mass is 233 g/mol. The van der Waals surface area contributed by atoms with Gasteiger partial charge in [-0.15, -0.1) is 0 Å². The molecular weight excluding hydrogens is 210 g/mol. The smallest absolute Gasteiger partial charge is 0.169 e. The number of aryl methyl sites for hydroxylation is 1. The summed E-state index contributed by atoms with van der Waals surface area (Å²) in [6.45, 7) is 6.51. The summed E-state index contributed by atoms with van der Waals surface area (Å²) in [5.41, 5.74) is 7.35. The van der Waals surface area contributed by atoms with Crippen LogP contribution in [0.5, 0.6) is 0 Å². The van der Waals surface area contributed by atoms with Crippen LogP contribution >= 0.6 is 0 Å². The first kappa shape index (κ1) is 13.9. The number of carbonyl (C=O) groups excluding carboxylic acids is 1. The molecule has 2 N–H and O–H groups in total. The number of hydrogen-bond donors (Lipinski definition) is 1. The van der Waals surface area contributed by atoms with Gasteiger partial charge >= 0.3 is 0 Å². The van der Waals surface area contributed by atoms with E-state index in [4.69, 9.17) is 5.73 Å². The van der Waals surface area contributed by atoms with Crippen LogP contribution in [-0.4, -0.2) is 12.3 Å². The van der Waals surface area contributed by atoms with Gasteiger partial charge in [0.1, 0.15) is 0 Å². The Hall–Kier alpha value is -1.15. The van der Waals surface area contributed by atoms with E-state index in [-0.39, 0.29) is 5.78 Å². The second-order valence-corrected chi connectivity index (χ2v) is 4.89. The average Bonchev–Trinajstić information content (AvgIpc) is 2.38. The molecule has 1 unspecified atom stereocenters. The molecule has 0 amide bonds. The molecule has 1 aromatic rings. The minimum Gasteiger partial charge on any atom is -0.329 e. The fraction of sp³-hybridized carbons (Fsp3) is 0.533. The number of carbonyl (C=O) groups is 1. The second-order valence-electron chi connectivity index (χ2n) is 4.89. The Kier molecular flexibility index (Phi) is 4.88. The van der Waals surface area contributed by atoms with Crippen molar-refractivity contribution < 1.29 is 4.79 Å².